The third-order valence-corrected chi connectivity index (χ3v) is 14.2. The normalized spacial score (nSPS) is 36.6. The van der Waals surface area contributed by atoms with E-state index in [9.17, 15) is 15.0 Å². The minimum Gasteiger partial charge on any atom is -0.366 e. The molecule has 0 aromatic heterocycles. The highest BCUT2D eigenvalue weighted by Crippen LogP contribution is 2.68. The van der Waals surface area contributed by atoms with E-state index in [1.165, 1.54) is 44.9 Å². The molecule has 0 heterocycles. The van der Waals surface area contributed by atoms with Crippen molar-refractivity contribution < 1.29 is 25.2 Å². The summed E-state index contributed by atoms with van der Waals surface area (Å²) in [6.07, 6.45) is 18.0. The van der Waals surface area contributed by atoms with Crippen molar-refractivity contribution in [2.45, 2.75) is 196 Å². The van der Waals surface area contributed by atoms with Crippen LogP contribution in [0.2, 0.25) is 0 Å². The Kier molecular flexibility index (Phi) is 16.3. The van der Waals surface area contributed by atoms with Crippen LogP contribution in [0.5, 0.6) is 0 Å². The number of carbonyl (C=O) groups is 1. The zero-order valence-electron chi connectivity index (χ0n) is 32.0. The molecule has 272 valence electrons. The van der Waals surface area contributed by atoms with Crippen LogP contribution in [0.15, 0.2) is 0 Å². The number of fused-ring (bicyclic) bond motifs is 5. The molecule has 0 aromatic carbocycles. The lowest BCUT2D eigenvalue weighted by molar-refractivity contribution is -0.233. The summed E-state index contributed by atoms with van der Waals surface area (Å²) >= 11 is 0. The second-order valence-corrected chi connectivity index (χ2v) is 16.4. The van der Waals surface area contributed by atoms with Crippen molar-refractivity contribution in [1.29, 1.82) is 0 Å². The molecule has 5 nitrogen and oxygen atoms in total. The molecular formula is C41H78O5. The first-order valence-corrected chi connectivity index (χ1v) is 20.1. The van der Waals surface area contributed by atoms with E-state index in [1.54, 1.807) is 0 Å². The molecule has 5 heteroatoms. The second-order valence-electron chi connectivity index (χ2n) is 16.4. The van der Waals surface area contributed by atoms with Gasteiger partial charge in [-0.05, 0) is 129 Å². The van der Waals surface area contributed by atoms with Crippen molar-refractivity contribution in [2.24, 2.45) is 58.2 Å². The Hall–Kier alpha value is -0.490. The fourth-order valence-electron chi connectivity index (χ4n) is 11.3. The molecule has 46 heavy (non-hydrogen) atoms. The molecule has 8 atom stereocenters. The number of hydrogen-bond acceptors (Lipinski definition) is 5. The summed E-state index contributed by atoms with van der Waals surface area (Å²) in [7, 11) is 0. The van der Waals surface area contributed by atoms with E-state index in [4.69, 9.17) is 10.2 Å². The van der Waals surface area contributed by atoms with Crippen molar-refractivity contribution in [3.05, 3.63) is 0 Å². The summed E-state index contributed by atoms with van der Waals surface area (Å²) in [5.74, 6) is 3.03. The molecule has 0 spiro atoms. The quantitative estimate of drug-likeness (QED) is 0.196. The van der Waals surface area contributed by atoms with Gasteiger partial charge in [0.15, 0.2) is 11.6 Å². The van der Waals surface area contributed by atoms with Crippen LogP contribution >= 0.6 is 0 Å². The van der Waals surface area contributed by atoms with Gasteiger partial charge in [0, 0.05) is 38.0 Å². The van der Waals surface area contributed by atoms with E-state index in [2.05, 4.69) is 41.5 Å². The third kappa shape index (κ3) is 9.60. The molecule has 5 fully saturated rings. The van der Waals surface area contributed by atoms with Gasteiger partial charge in [0.2, 0.25) is 0 Å². The maximum Gasteiger partial charge on any atom is 0.162 e. The lowest BCUT2D eigenvalue weighted by atomic mass is 9.44. The van der Waals surface area contributed by atoms with Crippen LogP contribution in [-0.2, 0) is 4.79 Å². The van der Waals surface area contributed by atoms with Gasteiger partial charge < -0.3 is 20.4 Å². The van der Waals surface area contributed by atoms with E-state index in [0.29, 0.717) is 54.1 Å². The number of hydrogen-bond donors (Lipinski definition) is 4. The first-order chi connectivity index (χ1) is 21.7. The summed E-state index contributed by atoms with van der Waals surface area (Å²) in [5.41, 5.74) is 0.735. The molecule has 0 radical (unpaired) electrons. The predicted molar refractivity (Wildman–Crippen MR) is 192 cm³/mol. The molecule has 0 saturated heterocycles. The molecule has 5 saturated carbocycles. The zero-order valence-corrected chi connectivity index (χ0v) is 32.0. The Morgan fingerprint density at radius 3 is 1.85 bits per heavy atom. The maximum absolute atomic E-state index is 12.7. The molecule has 5 rings (SSSR count). The largest absolute Gasteiger partial charge is 0.366 e. The van der Waals surface area contributed by atoms with Crippen LogP contribution in [0.3, 0.4) is 0 Å². The maximum atomic E-state index is 12.7. The van der Waals surface area contributed by atoms with Gasteiger partial charge in [-0.15, -0.1) is 0 Å². The fraction of sp³-hybridized carbons (Fsp3) is 0.976. The van der Waals surface area contributed by atoms with E-state index in [-0.39, 0.29) is 5.92 Å². The van der Waals surface area contributed by atoms with Crippen molar-refractivity contribution in [2.75, 3.05) is 0 Å². The molecule has 8 unspecified atom stereocenters. The van der Waals surface area contributed by atoms with Crippen molar-refractivity contribution >= 4 is 5.78 Å². The highest BCUT2D eigenvalue weighted by Gasteiger charge is 2.61. The number of ketones is 1. The lowest BCUT2D eigenvalue weighted by Crippen LogP contribution is -2.56. The molecule has 0 amide bonds. The van der Waals surface area contributed by atoms with E-state index < -0.39 is 11.6 Å². The monoisotopic (exact) mass is 651 g/mol. The summed E-state index contributed by atoms with van der Waals surface area (Å²) in [6.45, 7) is 22.0. The Morgan fingerprint density at radius 2 is 1.28 bits per heavy atom. The molecule has 5 aliphatic carbocycles. The molecule has 0 bridgehead atoms. The standard InChI is InChI=1S/C29H50O3.C8H16O2.2C2H6/c1-6-20(7-2)26(30)13-8-19(3)23-11-12-24-22-10-9-21-18-29(31,32)17-16-27(21,4)25(22)14-15-28(23,24)5;1-2-7-3-5-8(9,10)6-4-7;2*1-2/h19-25,31-32H,6-18H2,1-5H3;7,9-10H,2-6H2,1H3;2*1-2H3. The zero-order chi connectivity index (χ0) is 34.9. The van der Waals surface area contributed by atoms with Crippen LogP contribution in [0.25, 0.3) is 0 Å². The first kappa shape index (κ1) is 41.7. The van der Waals surface area contributed by atoms with E-state index >= 15 is 0 Å². The average Bonchev–Trinajstić information content (AvgIpc) is 3.40. The Labute approximate surface area is 285 Å². The predicted octanol–water partition coefficient (Wildman–Crippen LogP) is 10.1. The fourth-order valence-corrected chi connectivity index (χ4v) is 11.3. The van der Waals surface area contributed by atoms with E-state index in [0.717, 1.165) is 74.5 Å². The number of Topliss-reactive ketones (excluding diaryl/α,β-unsaturated/α-hetero) is 1. The number of carbonyl (C=O) groups excluding carboxylic acids is 1. The highest BCUT2D eigenvalue weighted by molar-refractivity contribution is 5.80. The second kappa shape index (κ2) is 18.0. The van der Waals surface area contributed by atoms with Gasteiger partial charge in [-0.25, -0.2) is 0 Å². The van der Waals surface area contributed by atoms with Crippen molar-refractivity contribution in [3.63, 3.8) is 0 Å². The summed E-state index contributed by atoms with van der Waals surface area (Å²) in [6, 6.07) is 0. The van der Waals surface area contributed by atoms with Gasteiger partial charge in [0.05, 0.1) is 0 Å². The van der Waals surface area contributed by atoms with E-state index in [1.807, 2.05) is 27.7 Å². The molecule has 0 aliphatic heterocycles. The van der Waals surface area contributed by atoms with Crippen molar-refractivity contribution in [1.82, 2.24) is 0 Å². The summed E-state index contributed by atoms with van der Waals surface area (Å²) < 4.78 is 0. The molecule has 4 N–H and O–H groups in total. The van der Waals surface area contributed by atoms with Gasteiger partial charge >= 0.3 is 0 Å². The summed E-state index contributed by atoms with van der Waals surface area (Å²) in [5, 5.41) is 38.9. The summed E-state index contributed by atoms with van der Waals surface area (Å²) in [4.78, 5) is 12.7. The Morgan fingerprint density at radius 1 is 0.696 bits per heavy atom. The van der Waals surface area contributed by atoms with Crippen LogP contribution in [0, 0.1) is 58.2 Å². The van der Waals surface area contributed by atoms with Gasteiger partial charge in [-0.2, -0.15) is 0 Å². The smallest absolute Gasteiger partial charge is 0.162 e. The van der Waals surface area contributed by atoms with Gasteiger partial charge in [0.25, 0.3) is 0 Å². The lowest BCUT2D eigenvalue weighted by Gasteiger charge is -2.61. The number of aliphatic hydroxyl groups is 4. The SMILES string of the molecule is CC.CC.CCC(CC)C(=O)CCC(C)C1CCC2C3CCC4CC(O)(O)CCC4(C)C3CCC12C.CCC1CCC(O)(O)CC1. The van der Waals surface area contributed by atoms with Crippen LogP contribution in [0.1, 0.15) is 185 Å². The molecular weight excluding hydrogens is 572 g/mol. The minimum atomic E-state index is -1.43. The van der Waals surface area contributed by atoms with Gasteiger partial charge in [0.1, 0.15) is 5.78 Å². The third-order valence-electron chi connectivity index (χ3n) is 14.2. The van der Waals surface area contributed by atoms with Crippen LogP contribution in [0.4, 0.5) is 0 Å². The van der Waals surface area contributed by atoms with Crippen LogP contribution in [-0.4, -0.2) is 37.8 Å². The molecule has 5 aliphatic rings. The van der Waals surface area contributed by atoms with Gasteiger partial charge in [-0.1, -0.05) is 75.7 Å². The van der Waals surface area contributed by atoms with Gasteiger partial charge in [-0.3, -0.25) is 4.79 Å². The topological polar surface area (TPSA) is 98.0 Å². The van der Waals surface area contributed by atoms with Crippen LogP contribution < -0.4 is 0 Å². The molecule has 0 aromatic rings. The Bertz CT molecular complexity index is 885. The first-order valence-electron chi connectivity index (χ1n) is 20.1. The highest BCUT2D eigenvalue weighted by atomic mass is 16.5. The average molecular weight is 651 g/mol. The Balaban J connectivity index is 0.000000442. The minimum absolute atomic E-state index is 0.271. The van der Waals surface area contributed by atoms with Crippen molar-refractivity contribution in [3.8, 4) is 0 Å². The number of rotatable bonds is 8.